The van der Waals surface area contributed by atoms with Gasteiger partial charge in [-0.1, -0.05) is 27.7 Å². The second-order valence-electron chi connectivity index (χ2n) is 6.99. The smallest absolute Gasteiger partial charge is 0.222 e. The molecule has 4 nitrogen and oxygen atoms in total. The van der Waals surface area contributed by atoms with Crippen LogP contribution in [0.5, 0.6) is 0 Å². The van der Waals surface area contributed by atoms with Gasteiger partial charge in [-0.25, -0.2) is 0 Å². The highest BCUT2D eigenvalue weighted by atomic mass is 16.5. The largest absolute Gasteiger partial charge is 0.375 e. The summed E-state index contributed by atoms with van der Waals surface area (Å²) in [4.78, 5) is 22.9. The van der Waals surface area contributed by atoms with E-state index in [9.17, 15) is 9.59 Å². The lowest BCUT2D eigenvalue weighted by Crippen LogP contribution is -2.35. The summed E-state index contributed by atoms with van der Waals surface area (Å²) in [5.74, 6) is 0.261. The predicted molar refractivity (Wildman–Crippen MR) is 81.6 cm³/mol. The molecule has 0 spiro atoms. The van der Waals surface area contributed by atoms with E-state index in [-0.39, 0.29) is 28.6 Å². The summed E-state index contributed by atoms with van der Waals surface area (Å²) >= 11 is 0. The Bertz CT molecular complexity index is 333. The molecule has 1 N–H and O–H groups in total. The van der Waals surface area contributed by atoms with Crippen LogP contribution >= 0.6 is 0 Å². The van der Waals surface area contributed by atoms with E-state index in [4.69, 9.17) is 4.74 Å². The fraction of sp³-hybridized carbons (Fsp3) is 0.875. The van der Waals surface area contributed by atoms with Gasteiger partial charge in [0.2, 0.25) is 5.91 Å². The molecule has 0 aromatic heterocycles. The van der Waals surface area contributed by atoms with Crippen molar-refractivity contribution in [3.05, 3.63) is 0 Å². The van der Waals surface area contributed by atoms with Gasteiger partial charge in [-0.2, -0.15) is 0 Å². The van der Waals surface area contributed by atoms with Crippen LogP contribution in [0.25, 0.3) is 0 Å². The highest BCUT2D eigenvalue weighted by molar-refractivity contribution is 5.81. The lowest BCUT2D eigenvalue weighted by molar-refractivity contribution is -0.127. The van der Waals surface area contributed by atoms with Gasteiger partial charge < -0.3 is 10.1 Å². The van der Waals surface area contributed by atoms with E-state index in [2.05, 4.69) is 5.32 Å². The molecule has 0 aromatic carbocycles. The number of carbonyl (C=O) groups excluding carboxylic acids is 2. The van der Waals surface area contributed by atoms with Gasteiger partial charge in [0.15, 0.2) is 0 Å². The van der Waals surface area contributed by atoms with Crippen molar-refractivity contribution >= 4 is 11.7 Å². The van der Waals surface area contributed by atoms with Crippen molar-refractivity contribution in [1.82, 2.24) is 5.32 Å². The molecule has 1 amide bonds. The highest BCUT2D eigenvalue weighted by Crippen LogP contribution is 2.23. The van der Waals surface area contributed by atoms with Crippen molar-refractivity contribution < 1.29 is 14.3 Å². The van der Waals surface area contributed by atoms with Crippen molar-refractivity contribution in [3.63, 3.8) is 0 Å². The summed E-state index contributed by atoms with van der Waals surface area (Å²) in [5, 5.41) is 2.89. The predicted octanol–water partition coefficient (Wildman–Crippen LogP) is 2.95. The number of hydrogen-bond acceptors (Lipinski definition) is 3. The molecule has 0 aromatic rings. The van der Waals surface area contributed by atoms with Crippen molar-refractivity contribution in [3.8, 4) is 0 Å². The van der Waals surface area contributed by atoms with Gasteiger partial charge in [-0.15, -0.1) is 0 Å². The maximum absolute atomic E-state index is 11.5. The maximum Gasteiger partial charge on any atom is 0.222 e. The van der Waals surface area contributed by atoms with Gasteiger partial charge in [0.1, 0.15) is 5.78 Å². The van der Waals surface area contributed by atoms with E-state index in [1.54, 1.807) is 6.92 Å². The van der Waals surface area contributed by atoms with Crippen molar-refractivity contribution in [1.29, 1.82) is 0 Å². The standard InChI is InChI=1S/C16H31NO3/c1-12(2)14(19)17-10-8-16(6,7)20-11-9-15(4,5)13(3)18/h12H,8-11H2,1-7H3,(H,17,19). The minimum absolute atomic E-state index is 0.00963. The first-order valence-corrected chi connectivity index (χ1v) is 7.41. The Morgan fingerprint density at radius 2 is 1.65 bits per heavy atom. The maximum atomic E-state index is 11.5. The molecule has 0 atom stereocenters. The van der Waals surface area contributed by atoms with Gasteiger partial charge in [-0.05, 0) is 33.6 Å². The number of rotatable bonds is 9. The van der Waals surface area contributed by atoms with E-state index >= 15 is 0 Å². The summed E-state index contributed by atoms with van der Waals surface area (Å²) in [6.45, 7) is 14.4. The second-order valence-corrected chi connectivity index (χ2v) is 6.99. The van der Waals surface area contributed by atoms with Crippen molar-refractivity contribution in [2.45, 2.75) is 66.9 Å². The van der Waals surface area contributed by atoms with Crippen LogP contribution in [0, 0.1) is 11.3 Å². The lowest BCUT2D eigenvalue weighted by Gasteiger charge is -2.28. The molecule has 0 aliphatic heterocycles. The van der Waals surface area contributed by atoms with Gasteiger partial charge >= 0.3 is 0 Å². The fourth-order valence-corrected chi connectivity index (χ4v) is 1.52. The Morgan fingerprint density at radius 3 is 2.10 bits per heavy atom. The van der Waals surface area contributed by atoms with Crippen LogP contribution in [0.1, 0.15) is 61.3 Å². The van der Waals surface area contributed by atoms with Gasteiger partial charge in [0.25, 0.3) is 0 Å². The molecular weight excluding hydrogens is 254 g/mol. The monoisotopic (exact) mass is 285 g/mol. The molecule has 4 heteroatoms. The first-order chi connectivity index (χ1) is 8.98. The van der Waals surface area contributed by atoms with E-state index in [1.807, 2.05) is 41.5 Å². The summed E-state index contributed by atoms with van der Waals surface area (Å²) in [5.41, 5.74) is -0.626. The Hall–Kier alpha value is -0.900. The normalized spacial score (nSPS) is 12.6. The summed E-state index contributed by atoms with van der Waals surface area (Å²) in [6.07, 6.45) is 1.47. The average Bonchev–Trinajstić information content (AvgIpc) is 2.27. The zero-order valence-corrected chi connectivity index (χ0v) is 14.1. The third-order valence-corrected chi connectivity index (χ3v) is 3.72. The first kappa shape index (κ1) is 19.1. The molecule has 0 bridgehead atoms. The zero-order chi connectivity index (χ0) is 16.0. The molecule has 0 unspecified atom stereocenters. The van der Waals surface area contributed by atoms with E-state index in [0.29, 0.717) is 19.6 Å². The number of amides is 1. The Morgan fingerprint density at radius 1 is 1.10 bits per heavy atom. The Labute approximate surface area is 123 Å². The SMILES string of the molecule is CC(=O)C(C)(C)CCOC(C)(C)CCNC(=O)C(C)C. The average molecular weight is 285 g/mol. The Kier molecular flexibility index (Phi) is 7.42. The number of ether oxygens (including phenoxy) is 1. The number of hydrogen-bond donors (Lipinski definition) is 1. The summed E-state index contributed by atoms with van der Waals surface area (Å²) in [6, 6.07) is 0. The van der Waals surface area contributed by atoms with Crippen LogP contribution in [0.3, 0.4) is 0 Å². The highest BCUT2D eigenvalue weighted by Gasteiger charge is 2.25. The van der Waals surface area contributed by atoms with Gasteiger partial charge in [0, 0.05) is 24.5 Å². The Balaban J connectivity index is 4.02. The van der Waals surface area contributed by atoms with Crippen LogP contribution < -0.4 is 5.32 Å². The molecular formula is C16H31NO3. The molecule has 118 valence electrons. The fourth-order valence-electron chi connectivity index (χ4n) is 1.52. The lowest BCUT2D eigenvalue weighted by atomic mass is 9.86. The second kappa shape index (κ2) is 7.77. The number of Topliss-reactive ketones (excluding diaryl/α,β-unsaturated/α-hetero) is 1. The molecule has 0 rings (SSSR count). The number of carbonyl (C=O) groups is 2. The third kappa shape index (κ3) is 7.63. The van der Waals surface area contributed by atoms with E-state index in [1.165, 1.54) is 0 Å². The molecule has 0 heterocycles. The van der Waals surface area contributed by atoms with Gasteiger partial charge in [0.05, 0.1) is 5.60 Å². The van der Waals surface area contributed by atoms with Crippen LogP contribution in [-0.2, 0) is 14.3 Å². The number of ketones is 1. The molecule has 0 radical (unpaired) electrons. The van der Waals surface area contributed by atoms with Crippen LogP contribution in [0.4, 0.5) is 0 Å². The van der Waals surface area contributed by atoms with Gasteiger partial charge in [-0.3, -0.25) is 9.59 Å². The van der Waals surface area contributed by atoms with Crippen molar-refractivity contribution in [2.75, 3.05) is 13.2 Å². The third-order valence-electron chi connectivity index (χ3n) is 3.72. The molecule has 0 aliphatic carbocycles. The van der Waals surface area contributed by atoms with Crippen LogP contribution in [0.15, 0.2) is 0 Å². The zero-order valence-electron chi connectivity index (χ0n) is 14.1. The molecule has 0 fully saturated rings. The van der Waals surface area contributed by atoms with E-state index < -0.39 is 0 Å². The minimum Gasteiger partial charge on any atom is -0.375 e. The minimum atomic E-state index is -0.331. The first-order valence-electron chi connectivity index (χ1n) is 7.41. The van der Waals surface area contributed by atoms with E-state index in [0.717, 1.165) is 6.42 Å². The molecule has 0 saturated carbocycles. The molecule has 20 heavy (non-hydrogen) atoms. The summed E-state index contributed by atoms with van der Waals surface area (Å²) < 4.78 is 5.85. The molecule has 0 saturated heterocycles. The number of nitrogens with one attached hydrogen (secondary N) is 1. The van der Waals surface area contributed by atoms with Crippen LogP contribution in [-0.4, -0.2) is 30.4 Å². The quantitative estimate of drug-likeness (QED) is 0.708. The topological polar surface area (TPSA) is 55.4 Å². The molecule has 0 aliphatic rings. The van der Waals surface area contributed by atoms with Crippen molar-refractivity contribution in [2.24, 2.45) is 11.3 Å². The van der Waals surface area contributed by atoms with Crippen LogP contribution in [0.2, 0.25) is 0 Å². The summed E-state index contributed by atoms with van der Waals surface area (Å²) in [7, 11) is 0.